The molecule has 3 nitrogen and oxygen atoms in total. The molecule has 0 heterocycles. The molecule has 0 atom stereocenters. The Kier molecular flexibility index (Phi) is 3.71. The van der Waals surface area contributed by atoms with E-state index in [1.807, 2.05) is 18.2 Å². The minimum absolute atomic E-state index is 0.299. The Morgan fingerprint density at radius 3 is 2.72 bits per heavy atom. The molecule has 0 aromatic heterocycles. The van der Waals surface area contributed by atoms with Crippen molar-refractivity contribution < 1.29 is 4.74 Å². The van der Waals surface area contributed by atoms with Crippen LogP contribution in [0.1, 0.15) is 11.1 Å². The van der Waals surface area contributed by atoms with E-state index in [0.29, 0.717) is 28.6 Å². The fourth-order valence-corrected chi connectivity index (χ4v) is 1.79. The minimum atomic E-state index is 0.299. The number of nitrogens with two attached hydrogens (primary N) is 1. The Balaban J connectivity index is 2.14. The second kappa shape index (κ2) is 5.44. The van der Waals surface area contributed by atoms with E-state index in [4.69, 9.17) is 27.3 Å². The number of rotatable bonds is 3. The third-order valence-electron chi connectivity index (χ3n) is 2.48. The molecule has 2 N–H and O–H groups in total. The Labute approximate surface area is 110 Å². The van der Waals surface area contributed by atoms with Crippen molar-refractivity contribution in [2.75, 3.05) is 5.73 Å². The van der Waals surface area contributed by atoms with E-state index >= 15 is 0 Å². The van der Waals surface area contributed by atoms with E-state index in [1.165, 1.54) is 0 Å². The molecule has 0 bridgehead atoms. The zero-order valence-corrected chi connectivity index (χ0v) is 10.3. The van der Waals surface area contributed by atoms with Crippen LogP contribution < -0.4 is 10.5 Å². The van der Waals surface area contributed by atoms with Gasteiger partial charge in [0, 0.05) is 11.3 Å². The molecule has 4 heteroatoms. The predicted molar refractivity (Wildman–Crippen MR) is 71.4 cm³/mol. The van der Waals surface area contributed by atoms with Crippen LogP contribution in [0, 0.1) is 11.3 Å². The molecular weight excluding hydrogens is 248 g/mol. The van der Waals surface area contributed by atoms with Gasteiger partial charge in [0.1, 0.15) is 12.4 Å². The van der Waals surface area contributed by atoms with Gasteiger partial charge < -0.3 is 10.5 Å². The normalized spacial score (nSPS) is 9.78. The summed E-state index contributed by atoms with van der Waals surface area (Å²) in [6.07, 6.45) is 0. The van der Waals surface area contributed by atoms with Crippen LogP contribution in [-0.4, -0.2) is 0 Å². The average Bonchev–Trinajstić information content (AvgIpc) is 2.38. The number of hydrogen-bond donors (Lipinski definition) is 1. The van der Waals surface area contributed by atoms with Gasteiger partial charge in [-0.15, -0.1) is 0 Å². The molecule has 0 spiro atoms. The third kappa shape index (κ3) is 2.73. The molecule has 2 aromatic rings. The van der Waals surface area contributed by atoms with Crippen molar-refractivity contribution >= 4 is 17.3 Å². The smallest absolute Gasteiger partial charge is 0.138 e. The van der Waals surface area contributed by atoms with Crippen molar-refractivity contribution in [3.05, 3.63) is 58.6 Å². The van der Waals surface area contributed by atoms with Crippen LogP contribution in [0.4, 0.5) is 5.69 Å². The van der Waals surface area contributed by atoms with Crippen LogP contribution in [0.5, 0.6) is 5.75 Å². The van der Waals surface area contributed by atoms with Gasteiger partial charge in [-0.3, -0.25) is 0 Å². The fourth-order valence-electron chi connectivity index (χ4n) is 1.54. The molecule has 2 aromatic carbocycles. The van der Waals surface area contributed by atoms with Crippen LogP contribution in [0.15, 0.2) is 42.5 Å². The maximum atomic E-state index is 8.96. The first-order chi connectivity index (χ1) is 8.70. The van der Waals surface area contributed by atoms with Crippen molar-refractivity contribution in [2.24, 2.45) is 0 Å². The largest absolute Gasteiger partial charge is 0.487 e. The van der Waals surface area contributed by atoms with E-state index < -0.39 is 0 Å². The predicted octanol–water partition coefficient (Wildman–Crippen LogP) is 3.37. The van der Waals surface area contributed by atoms with Gasteiger partial charge in [-0.05, 0) is 24.3 Å². The topological polar surface area (TPSA) is 59.0 Å². The highest BCUT2D eigenvalue weighted by atomic mass is 35.5. The summed E-state index contributed by atoms with van der Waals surface area (Å²) in [4.78, 5) is 0. The molecule has 90 valence electrons. The highest BCUT2D eigenvalue weighted by Gasteiger charge is 2.05. The summed E-state index contributed by atoms with van der Waals surface area (Å²) in [5.74, 6) is 0.554. The zero-order chi connectivity index (χ0) is 13.0. The number of nitrogen functional groups attached to an aromatic ring is 1. The molecule has 18 heavy (non-hydrogen) atoms. The van der Waals surface area contributed by atoms with Gasteiger partial charge in [-0.2, -0.15) is 5.26 Å². The Bertz CT molecular complexity index is 605. The van der Waals surface area contributed by atoms with Crippen molar-refractivity contribution in [1.82, 2.24) is 0 Å². The lowest BCUT2D eigenvalue weighted by Crippen LogP contribution is -1.98. The van der Waals surface area contributed by atoms with Gasteiger partial charge in [-0.25, -0.2) is 0 Å². The molecule has 0 aliphatic rings. The van der Waals surface area contributed by atoms with Crippen molar-refractivity contribution in [3.63, 3.8) is 0 Å². The third-order valence-corrected chi connectivity index (χ3v) is 2.77. The van der Waals surface area contributed by atoms with E-state index in [2.05, 4.69) is 6.07 Å². The first-order valence-electron chi connectivity index (χ1n) is 5.36. The quantitative estimate of drug-likeness (QED) is 0.859. The van der Waals surface area contributed by atoms with Crippen molar-refractivity contribution in [2.45, 2.75) is 6.61 Å². The number of hydrogen-bond acceptors (Lipinski definition) is 3. The molecule has 0 aliphatic heterocycles. The van der Waals surface area contributed by atoms with Gasteiger partial charge in [0.05, 0.1) is 16.7 Å². The second-order valence-corrected chi connectivity index (χ2v) is 4.15. The van der Waals surface area contributed by atoms with Crippen LogP contribution in [0.2, 0.25) is 5.02 Å². The summed E-state index contributed by atoms with van der Waals surface area (Å²) < 4.78 is 5.58. The van der Waals surface area contributed by atoms with E-state index in [-0.39, 0.29) is 0 Å². The molecule has 0 saturated heterocycles. The summed E-state index contributed by atoms with van der Waals surface area (Å²) >= 11 is 6.00. The van der Waals surface area contributed by atoms with Crippen LogP contribution in [0.3, 0.4) is 0 Å². The average molecular weight is 259 g/mol. The molecule has 0 unspecified atom stereocenters. The van der Waals surface area contributed by atoms with Crippen molar-refractivity contribution in [1.29, 1.82) is 5.26 Å². The molecular formula is C14H11ClN2O. The molecule has 0 fully saturated rings. The summed E-state index contributed by atoms with van der Waals surface area (Å²) in [5.41, 5.74) is 7.61. The van der Waals surface area contributed by atoms with E-state index in [0.717, 1.165) is 5.56 Å². The van der Waals surface area contributed by atoms with Crippen LogP contribution in [-0.2, 0) is 6.61 Å². The number of halogens is 1. The summed E-state index contributed by atoms with van der Waals surface area (Å²) in [6, 6.07) is 14.5. The number of nitriles is 1. The number of anilines is 1. The SMILES string of the molecule is N#Cc1ccccc1COc1ccc(N)cc1Cl. The van der Waals surface area contributed by atoms with Crippen molar-refractivity contribution in [3.8, 4) is 11.8 Å². The highest BCUT2D eigenvalue weighted by molar-refractivity contribution is 6.32. The van der Waals surface area contributed by atoms with E-state index in [9.17, 15) is 0 Å². The van der Waals surface area contributed by atoms with Gasteiger partial charge in [0.25, 0.3) is 0 Å². The van der Waals surface area contributed by atoms with Gasteiger partial charge in [0.2, 0.25) is 0 Å². The standard InChI is InChI=1S/C14H11ClN2O/c15-13-7-12(17)5-6-14(13)18-9-11-4-2-1-3-10(11)8-16/h1-7H,9,17H2. The number of ether oxygens (including phenoxy) is 1. The first kappa shape index (κ1) is 12.3. The number of nitrogens with zero attached hydrogens (tertiary/aromatic N) is 1. The summed E-state index contributed by atoms with van der Waals surface area (Å²) in [6.45, 7) is 0.299. The van der Waals surface area contributed by atoms with Gasteiger partial charge >= 0.3 is 0 Å². The highest BCUT2D eigenvalue weighted by Crippen LogP contribution is 2.27. The Morgan fingerprint density at radius 1 is 1.22 bits per heavy atom. The van der Waals surface area contributed by atoms with Crippen LogP contribution in [0.25, 0.3) is 0 Å². The maximum absolute atomic E-state index is 8.96. The lowest BCUT2D eigenvalue weighted by atomic mass is 10.1. The Hall–Kier alpha value is -2.18. The lowest BCUT2D eigenvalue weighted by Gasteiger charge is -2.09. The number of benzene rings is 2. The monoisotopic (exact) mass is 258 g/mol. The molecule has 0 radical (unpaired) electrons. The molecule has 2 rings (SSSR count). The first-order valence-corrected chi connectivity index (χ1v) is 5.74. The minimum Gasteiger partial charge on any atom is -0.487 e. The summed E-state index contributed by atoms with van der Waals surface area (Å²) in [7, 11) is 0. The summed E-state index contributed by atoms with van der Waals surface area (Å²) in [5, 5.41) is 9.42. The molecule has 0 aliphatic carbocycles. The Morgan fingerprint density at radius 2 is 2.00 bits per heavy atom. The van der Waals surface area contributed by atoms with Gasteiger partial charge in [-0.1, -0.05) is 29.8 Å². The second-order valence-electron chi connectivity index (χ2n) is 3.75. The molecule has 0 amide bonds. The molecule has 0 saturated carbocycles. The van der Waals surface area contributed by atoms with E-state index in [1.54, 1.807) is 24.3 Å². The van der Waals surface area contributed by atoms with Crippen LogP contribution >= 0.6 is 11.6 Å². The van der Waals surface area contributed by atoms with Gasteiger partial charge in [0.15, 0.2) is 0 Å². The maximum Gasteiger partial charge on any atom is 0.138 e. The fraction of sp³-hybridized carbons (Fsp3) is 0.0714. The lowest BCUT2D eigenvalue weighted by molar-refractivity contribution is 0.306. The zero-order valence-electron chi connectivity index (χ0n) is 9.56.